The average molecular weight is 128 g/mol. The maximum Gasteiger partial charge on any atom is 0.0799 e. The predicted molar refractivity (Wildman–Crippen MR) is 35.0 cm³/mol. The van der Waals surface area contributed by atoms with Crippen LogP contribution in [0.2, 0.25) is 0 Å². The minimum atomic E-state index is -0.456. The van der Waals surface area contributed by atoms with E-state index in [2.05, 4.69) is 0 Å². The van der Waals surface area contributed by atoms with Gasteiger partial charge >= 0.3 is 0 Å². The molecule has 0 unspecified atom stereocenters. The molecule has 0 aromatic heterocycles. The van der Waals surface area contributed by atoms with E-state index in [4.69, 9.17) is 5.11 Å². The van der Waals surface area contributed by atoms with Gasteiger partial charge in [-0.15, -0.1) is 0 Å². The van der Waals surface area contributed by atoms with Crippen molar-refractivity contribution in [2.45, 2.75) is 19.4 Å². The van der Waals surface area contributed by atoms with Gasteiger partial charge in [0.2, 0.25) is 0 Å². The highest BCUT2D eigenvalue weighted by Gasteiger charge is 2.32. The first-order chi connectivity index (χ1) is 4.19. The van der Waals surface area contributed by atoms with Crippen molar-refractivity contribution in [3.05, 3.63) is 12.2 Å². The van der Waals surface area contributed by atoms with Gasteiger partial charge in [-0.1, -0.05) is 19.1 Å². The third-order valence-corrected chi connectivity index (χ3v) is 1.98. The standard InChI is InChI=1S/C7H12O2/c1-7(5-8)4-2-3-6(7)9/h2-3,6,8-9H,4-5H2,1H3/t6-,7-/m1/s1. The molecule has 0 heterocycles. The van der Waals surface area contributed by atoms with Gasteiger partial charge in [0.1, 0.15) is 0 Å². The van der Waals surface area contributed by atoms with Gasteiger partial charge in [-0.05, 0) is 6.42 Å². The van der Waals surface area contributed by atoms with Gasteiger partial charge in [-0.25, -0.2) is 0 Å². The highest BCUT2D eigenvalue weighted by molar-refractivity contribution is 5.07. The largest absolute Gasteiger partial charge is 0.396 e. The van der Waals surface area contributed by atoms with Crippen LogP contribution in [0.4, 0.5) is 0 Å². The molecule has 0 aliphatic heterocycles. The van der Waals surface area contributed by atoms with Gasteiger partial charge in [-0.2, -0.15) is 0 Å². The normalized spacial score (nSPS) is 41.9. The molecule has 0 bridgehead atoms. The van der Waals surface area contributed by atoms with Crippen molar-refractivity contribution in [3.63, 3.8) is 0 Å². The molecule has 0 fully saturated rings. The smallest absolute Gasteiger partial charge is 0.0799 e. The zero-order valence-electron chi connectivity index (χ0n) is 5.54. The molecule has 0 amide bonds. The first kappa shape index (κ1) is 6.78. The number of aliphatic hydroxyl groups is 2. The van der Waals surface area contributed by atoms with Crippen LogP contribution >= 0.6 is 0 Å². The summed E-state index contributed by atoms with van der Waals surface area (Å²) in [5, 5.41) is 18.0. The van der Waals surface area contributed by atoms with Crippen molar-refractivity contribution in [1.29, 1.82) is 0 Å². The Hall–Kier alpha value is -0.340. The fourth-order valence-electron chi connectivity index (χ4n) is 0.977. The molecule has 2 N–H and O–H groups in total. The second-order valence-corrected chi connectivity index (χ2v) is 2.89. The van der Waals surface area contributed by atoms with Gasteiger partial charge in [0.05, 0.1) is 12.7 Å². The van der Waals surface area contributed by atoms with Crippen molar-refractivity contribution in [2.24, 2.45) is 5.41 Å². The summed E-state index contributed by atoms with van der Waals surface area (Å²) in [5.41, 5.74) is -0.306. The molecule has 2 heteroatoms. The molecule has 1 aliphatic rings. The van der Waals surface area contributed by atoms with Gasteiger partial charge < -0.3 is 10.2 Å². The van der Waals surface area contributed by atoms with Crippen LogP contribution in [0.25, 0.3) is 0 Å². The van der Waals surface area contributed by atoms with Crippen LogP contribution in [0.3, 0.4) is 0 Å². The summed E-state index contributed by atoms with van der Waals surface area (Å²) in [6.45, 7) is 1.93. The molecule has 0 aromatic rings. The lowest BCUT2D eigenvalue weighted by Gasteiger charge is -2.24. The van der Waals surface area contributed by atoms with Crippen molar-refractivity contribution < 1.29 is 10.2 Å². The third-order valence-electron chi connectivity index (χ3n) is 1.98. The maximum absolute atomic E-state index is 9.20. The molecule has 0 radical (unpaired) electrons. The van der Waals surface area contributed by atoms with Crippen LogP contribution in [-0.4, -0.2) is 22.9 Å². The Morgan fingerprint density at radius 1 is 1.78 bits per heavy atom. The summed E-state index contributed by atoms with van der Waals surface area (Å²) in [6, 6.07) is 0. The summed E-state index contributed by atoms with van der Waals surface area (Å²) in [5.74, 6) is 0. The summed E-state index contributed by atoms with van der Waals surface area (Å²) in [7, 11) is 0. The van der Waals surface area contributed by atoms with E-state index in [1.54, 1.807) is 6.08 Å². The van der Waals surface area contributed by atoms with Crippen molar-refractivity contribution in [2.75, 3.05) is 6.61 Å². The van der Waals surface area contributed by atoms with E-state index in [9.17, 15) is 5.11 Å². The van der Waals surface area contributed by atoms with Gasteiger partial charge in [-0.3, -0.25) is 0 Å². The minimum Gasteiger partial charge on any atom is -0.396 e. The fourth-order valence-corrected chi connectivity index (χ4v) is 0.977. The van der Waals surface area contributed by atoms with Crippen LogP contribution in [0.5, 0.6) is 0 Å². The summed E-state index contributed by atoms with van der Waals surface area (Å²) >= 11 is 0. The monoisotopic (exact) mass is 128 g/mol. The second kappa shape index (κ2) is 2.12. The molecule has 1 aliphatic carbocycles. The van der Waals surface area contributed by atoms with Gasteiger partial charge in [0, 0.05) is 5.41 Å². The molecule has 0 spiro atoms. The van der Waals surface area contributed by atoms with Crippen LogP contribution in [0.15, 0.2) is 12.2 Å². The lowest BCUT2D eigenvalue weighted by molar-refractivity contribution is 0.0368. The molecule has 52 valence electrons. The zero-order valence-corrected chi connectivity index (χ0v) is 5.54. The maximum atomic E-state index is 9.20. The number of hydrogen-bond donors (Lipinski definition) is 2. The molecule has 2 nitrogen and oxygen atoms in total. The molecule has 0 aromatic carbocycles. The predicted octanol–water partition coefficient (Wildman–Crippen LogP) is 0.306. The molecule has 1 rings (SSSR count). The fraction of sp³-hybridized carbons (Fsp3) is 0.714. The molecule has 0 saturated heterocycles. The Morgan fingerprint density at radius 3 is 2.67 bits per heavy atom. The SMILES string of the molecule is C[C@]1(CO)CC=C[C@H]1O. The molecule has 2 atom stereocenters. The van der Waals surface area contributed by atoms with E-state index in [-0.39, 0.29) is 12.0 Å². The molecule has 9 heavy (non-hydrogen) atoms. The summed E-state index contributed by atoms with van der Waals surface area (Å²) in [4.78, 5) is 0. The topological polar surface area (TPSA) is 40.5 Å². The van der Waals surface area contributed by atoms with Crippen LogP contribution in [-0.2, 0) is 0 Å². The van der Waals surface area contributed by atoms with E-state index in [0.717, 1.165) is 6.42 Å². The Bertz CT molecular complexity index is 131. The Kier molecular flexibility index (Phi) is 1.60. The van der Waals surface area contributed by atoms with Crippen LogP contribution < -0.4 is 0 Å². The van der Waals surface area contributed by atoms with Crippen molar-refractivity contribution in [3.8, 4) is 0 Å². The van der Waals surface area contributed by atoms with Gasteiger partial charge in [0.25, 0.3) is 0 Å². The Labute approximate surface area is 54.8 Å². The summed E-state index contributed by atoms with van der Waals surface area (Å²) in [6.07, 6.45) is 3.96. The number of hydrogen-bond acceptors (Lipinski definition) is 2. The van der Waals surface area contributed by atoms with E-state index < -0.39 is 6.10 Å². The third kappa shape index (κ3) is 1.00. The van der Waals surface area contributed by atoms with Crippen molar-refractivity contribution in [1.82, 2.24) is 0 Å². The summed E-state index contributed by atoms with van der Waals surface area (Å²) < 4.78 is 0. The minimum absolute atomic E-state index is 0.0567. The molecule has 0 saturated carbocycles. The van der Waals surface area contributed by atoms with Gasteiger partial charge in [0.15, 0.2) is 0 Å². The number of rotatable bonds is 1. The van der Waals surface area contributed by atoms with E-state index in [1.165, 1.54) is 0 Å². The quantitative estimate of drug-likeness (QED) is 0.499. The first-order valence-corrected chi connectivity index (χ1v) is 3.15. The van der Waals surface area contributed by atoms with Crippen LogP contribution in [0, 0.1) is 5.41 Å². The van der Waals surface area contributed by atoms with E-state index in [0.29, 0.717) is 0 Å². The molecular weight excluding hydrogens is 116 g/mol. The van der Waals surface area contributed by atoms with E-state index in [1.807, 2.05) is 13.0 Å². The number of aliphatic hydroxyl groups excluding tert-OH is 2. The highest BCUT2D eigenvalue weighted by atomic mass is 16.3. The van der Waals surface area contributed by atoms with Crippen LogP contribution in [0.1, 0.15) is 13.3 Å². The average Bonchev–Trinajstić information content (AvgIpc) is 2.15. The number of allylic oxidation sites excluding steroid dienone is 1. The Balaban J connectivity index is 2.62. The zero-order chi connectivity index (χ0) is 6.91. The van der Waals surface area contributed by atoms with Crippen molar-refractivity contribution >= 4 is 0 Å². The second-order valence-electron chi connectivity index (χ2n) is 2.89. The lowest BCUT2D eigenvalue weighted by Crippen LogP contribution is -2.30. The highest BCUT2D eigenvalue weighted by Crippen LogP contribution is 2.31. The molecular formula is C7H12O2. The van der Waals surface area contributed by atoms with E-state index >= 15 is 0 Å². The lowest BCUT2D eigenvalue weighted by atomic mass is 9.87. The first-order valence-electron chi connectivity index (χ1n) is 3.15. The Morgan fingerprint density at radius 2 is 2.44 bits per heavy atom.